The first-order chi connectivity index (χ1) is 7.65. The summed E-state index contributed by atoms with van der Waals surface area (Å²) in [5.41, 5.74) is 2.98. The zero-order chi connectivity index (χ0) is 12.0. The summed E-state index contributed by atoms with van der Waals surface area (Å²) in [6, 6.07) is 5.89. The molecule has 1 aromatic rings. The van der Waals surface area contributed by atoms with Crippen LogP contribution in [0.5, 0.6) is 0 Å². The molecule has 16 heavy (non-hydrogen) atoms. The second-order valence-electron chi connectivity index (χ2n) is 3.72. The lowest BCUT2D eigenvalue weighted by atomic mass is 10.1. The Morgan fingerprint density at radius 2 is 1.94 bits per heavy atom. The molecule has 1 aromatic carbocycles. The Bertz CT molecular complexity index is 344. The number of rotatable bonds is 5. The summed E-state index contributed by atoms with van der Waals surface area (Å²) in [6.45, 7) is 4.61. The van der Waals surface area contributed by atoms with Crippen molar-refractivity contribution in [1.82, 2.24) is 5.32 Å². The van der Waals surface area contributed by atoms with Gasteiger partial charge in [0.1, 0.15) is 0 Å². The number of carbonyl (C=O) groups excluding carboxylic acids is 1. The summed E-state index contributed by atoms with van der Waals surface area (Å²) < 4.78 is 0. The number of aliphatic hydroxyl groups excluding tert-OH is 1. The number of carbonyl (C=O) groups is 1. The number of hydrogen-bond acceptors (Lipinski definition) is 3. The molecule has 0 aliphatic heterocycles. The molecule has 3 N–H and O–H groups in total. The highest BCUT2D eigenvalue weighted by Crippen LogP contribution is 2.18. The van der Waals surface area contributed by atoms with Crippen molar-refractivity contribution in [2.75, 3.05) is 25.0 Å². The largest absolute Gasteiger partial charge is 0.395 e. The van der Waals surface area contributed by atoms with Crippen LogP contribution in [-0.4, -0.2) is 30.7 Å². The third kappa shape index (κ3) is 3.64. The summed E-state index contributed by atoms with van der Waals surface area (Å²) in [6.07, 6.45) is 0. The second-order valence-corrected chi connectivity index (χ2v) is 3.72. The molecule has 0 bridgehead atoms. The fourth-order valence-electron chi connectivity index (χ4n) is 1.48. The number of hydrogen-bond donors (Lipinski definition) is 3. The van der Waals surface area contributed by atoms with Crippen LogP contribution in [0.15, 0.2) is 18.2 Å². The Kier molecular flexibility index (Phi) is 4.95. The lowest BCUT2D eigenvalue weighted by Gasteiger charge is -2.11. The molecule has 88 valence electrons. The minimum atomic E-state index is -0.0918. The van der Waals surface area contributed by atoms with Gasteiger partial charge in [-0.2, -0.15) is 0 Å². The molecule has 4 heteroatoms. The molecule has 0 saturated carbocycles. The van der Waals surface area contributed by atoms with E-state index in [2.05, 4.69) is 10.6 Å². The van der Waals surface area contributed by atoms with E-state index in [1.807, 2.05) is 32.0 Å². The Labute approximate surface area is 95.7 Å². The number of aliphatic hydroxyl groups is 1. The summed E-state index contributed by atoms with van der Waals surface area (Å²) in [4.78, 5) is 11.5. The van der Waals surface area contributed by atoms with E-state index < -0.39 is 0 Å². The van der Waals surface area contributed by atoms with Crippen molar-refractivity contribution in [1.29, 1.82) is 0 Å². The van der Waals surface area contributed by atoms with Gasteiger partial charge in [-0.3, -0.25) is 4.79 Å². The zero-order valence-electron chi connectivity index (χ0n) is 9.71. The minimum Gasteiger partial charge on any atom is -0.395 e. The maximum Gasteiger partial charge on any atom is 0.238 e. The third-order valence-corrected chi connectivity index (χ3v) is 2.32. The highest BCUT2D eigenvalue weighted by Gasteiger charge is 2.06. The first kappa shape index (κ1) is 12.7. The zero-order valence-corrected chi connectivity index (χ0v) is 9.71. The van der Waals surface area contributed by atoms with E-state index in [-0.39, 0.29) is 19.1 Å². The van der Waals surface area contributed by atoms with Crippen LogP contribution in [0.3, 0.4) is 0 Å². The molecule has 0 saturated heterocycles. The summed E-state index contributed by atoms with van der Waals surface area (Å²) >= 11 is 0. The molecule has 0 spiro atoms. The van der Waals surface area contributed by atoms with Crippen LogP contribution in [0.4, 0.5) is 5.69 Å². The average molecular weight is 222 g/mol. The number of anilines is 1. The topological polar surface area (TPSA) is 61.4 Å². The van der Waals surface area contributed by atoms with Crippen molar-refractivity contribution in [3.05, 3.63) is 29.3 Å². The molecule has 0 aliphatic carbocycles. The highest BCUT2D eigenvalue weighted by molar-refractivity contribution is 5.93. The van der Waals surface area contributed by atoms with E-state index in [0.717, 1.165) is 16.8 Å². The van der Waals surface area contributed by atoms with Gasteiger partial charge in [-0.25, -0.2) is 0 Å². The lowest BCUT2D eigenvalue weighted by molar-refractivity contribution is -0.115. The van der Waals surface area contributed by atoms with Crippen LogP contribution in [0, 0.1) is 13.8 Å². The van der Waals surface area contributed by atoms with E-state index in [4.69, 9.17) is 5.11 Å². The van der Waals surface area contributed by atoms with Crippen molar-refractivity contribution >= 4 is 11.6 Å². The van der Waals surface area contributed by atoms with E-state index in [0.29, 0.717) is 6.54 Å². The van der Waals surface area contributed by atoms with Gasteiger partial charge < -0.3 is 15.7 Å². The van der Waals surface area contributed by atoms with Gasteiger partial charge in [0.15, 0.2) is 0 Å². The molecule has 0 heterocycles. The molecule has 1 rings (SSSR count). The number of nitrogens with one attached hydrogen (secondary N) is 2. The maximum atomic E-state index is 11.5. The molecule has 0 unspecified atom stereocenters. The third-order valence-electron chi connectivity index (χ3n) is 2.32. The molecule has 0 aliphatic rings. The summed E-state index contributed by atoms with van der Waals surface area (Å²) in [5.74, 6) is -0.0918. The first-order valence-electron chi connectivity index (χ1n) is 5.33. The lowest BCUT2D eigenvalue weighted by Crippen LogP contribution is -2.30. The minimum absolute atomic E-state index is 0.0384. The van der Waals surface area contributed by atoms with Crippen molar-refractivity contribution in [2.45, 2.75) is 13.8 Å². The van der Waals surface area contributed by atoms with Gasteiger partial charge in [-0.1, -0.05) is 18.2 Å². The molecular formula is C12H18N2O2. The second kappa shape index (κ2) is 6.25. The smallest absolute Gasteiger partial charge is 0.238 e. The Hall–Kier alpha value is -1.39. The molecular weight excluding hydrogens is 204 g/mol. The van der Waals surface area contributed by atoms with Gasteiger partial charge in [-0.15, -0.1) is 0 Å². The van der Waals surface area contributed by atoms with Gasteiger partial charge in [0.25, 0.3) is 0 Å². The van der Waals surface area contributed by atoms with Crippen LogP contribution >= 0.6 is 0 Å². The predicted molar refractivity (Wildman–Crippen MR) is 64.5 cm³/mol. The monoisotopic (exact) mass is 222 g/mol. The molecule has 0 aromatic heterocycles. The van der Waals surface area contributed by atoms with Crippen LogP contribution < -0.4 is 10.6 Å². The van der Waals surface area contributed by atoms with Gasteiger partial charge in [0, 0.05) is 12.2 Å². The van der Waals surface area contributed by atoms with Crippen LogP contribution in [0.2, 0.25) is 0 Å². The van der Waals surface area contributed by atoms with E-state index >= 15 is 0 Å². The highest BCUT2D eigenvalue weighted by atomic mass is 16.3. The standard InChI is InChI=1S/C12H18N2O2/c1-9-4-3-5-10(2)12(9)14-11(16)8-13-6-7-15/h3-5,13,15H,6-8H2,1-2H3,(H,14,16). The first-order valence-corrected chi connectivity index (χ1v) is 5.33. The number of benzene rings is 1. The van der Waals surface area contributed by atoms with Crippen molar-refractivity contribution in [3.63, 3.8) is 0 Å². The Balaban J connectivity index is 2.56. The van der Waals surface area contributed by atoms with E-state index in [9.17, 15) is 4.79 Å². The summed E-state index contributed by atoms with van der Waals surface area (Å²) in [5, 5.41) is 14.2. The van der Waals surface area contributed by atoms with Gasteiger partial charge in [-0.05, 0) is 25.0 Å². The predicted octanol–water partition coefficient (Wildman–Crippen LogP) is 0.824. The van der Waals surface area contributed by atoms with Gasteiger partial charge in [0.05, 0.1) is 13.2 Å². The van der Waals surface area contributed by atoms with E-state index in [1.165, 1.54) is 0 Å². The van der Waals surface area contributed by atoms with Crippen molar-refractivity contribution < 1.29 is 9.90 Å². The van der Waals surface area contributed by atoms with Gasteiger partial charge in [0.2, 0.25) is 5.91 Å². The Morgan fingerprint density at radius 1 is 1.31 bits per heavy atom. The number of aryl methyl sites for hydroxylation is 2. The Morgan fingerprint density at radius 3 is 2.50 bits per heavy atom. The fraction of sp³-hybridized carbons (Fsp3) is 0.417. The number of amides is 1. The SMILES string of the molecule is Cc1cccc(C)c1NC(=O)CNCCO. The molecule has 1 amide bonds. The quantitative estimate of drug-likeness (QED) is 0.646. The molecule has 0 fully saturated rings. The van der Waals surface area contributed by atoms with Crippen molar-refractivity contribution in [2.24, 2.45) is 0 Å². The normalized spacial score (nSPS) is 10.2. The molecule has 0 radical (unpaired) electrons. The molecule has 4 nitrogen and oxygen atoms in total. The summed E-state index contributed by atoms with van der Waals surface area (Å²) in [7, 11) is 0. The average Bonchev–Trinajstić information content (AvgIpc) is 2.24. The van der Waals surface area contributed by atoms with Gasteiger partial charge >= 0.3 is 0 Å². The van der Waals surface area contributed by atoms with Crippen LogP contribution in [0.25, 0.3) is 0 Å². The maximum absolute atomic E-state index is 11.5. The van der Waals surface area contributed by atoms with Crippen LogP contribution in [0.1, 0.15) is 11.1 Å². The molecule has 0 atom stereocenters. The van der Waals surface area contributed by atoms with E-state index in [1.54, 1.807) is 0 Å². The number of para-hydroxylation sites is 1. The van der Waals surface area contributed by atoms with Crippen molar-refractivity contribution in [3.8, 4) is 0 Å². The fourth-order valence-corrected chi connectivity index (χ4v) is 1.48. The van der Waals surface area contributed by atoms with Crippen LogP contribution in [-0.2, 0) is 4.79 Å².